The highest BCUT2D eigenvalue weighted by molar-refractivity contribution is 7.14. The fraction of sp³-hybridized carbons (Fsp3) is 0.190. The van der Waals surface area contributed by atoms with Gasteiger partial charge in [0.25, 0.3) is 5.91 Å². The minimum Gasteiger partial charge on any atom is -0.482 e. The Labute approximate surface area is 171 Å². The number of esters is 1. The molecule has 0 bridgehead atoms. The van der Waals surface area contributed by atoms with E-state index in [0.717, 1.165) is 22.6 Å². The quantitative estimate of drug-likeness (QED) is 0.640. The molecule has 1 aromatic heterocycles. The smallest absolute Gasteiger partial charge is 0.337 e. The number of hydrogen-bond acceptors (Lipinski definition) is 7. The fourth-order valence-corrected chi connectivity index (χ4v) is 3.88. The summed E-state index contributed by atoms with van der Waals surface area (Å²) in [6, 6.07) is 12.8. The molecule has 0 radical (unpaired) electrons. The van der Waals surface area contributed by atoms with Crippen molar-refractivity contribution in [1.29, 1.82) is 0 Å². The van der Waals surface area contributed by atoms with E-state index in [1.807, 2.05) is 36.6 Å². The number of aromatic nitrogens is 1. The van der Waals surface area contributed by atoms with Crippen molar-refractivity contribution in [1.82, 2.24) is 4.98 Å². The van der Waals surface area contributed by atoms with Crippen LogP contribution in [-0.4, -0.2) is 37.1 Å². The van der Waals surface area contributed by atoms with Crippen LogP contribution in [0.25, 0.3) is 11.3 Å². The summed E-state index contributed by atoms with van der Waals surface area (Å²) < 4.78 is 10.3. The summed E-state index contributed by atoms with van der Waals surface area (Å²) in [6.07, 6.45) is 0. The van der Waals surface area contributed by atoms with Gasteiger partial charge in [-0.05, 0) is 43.3 Å². The molecule has 29 heavy (non-hydrogen) atoms. The lowest BCUT2D eigenvalue weighted by Gasteiger charge is -2.28. The van der Waals surface area contributed by atoms with Crippen molar-refractivity contribution in [3.8, 4) is 17.0 Å². The molecule has 1 aliphatic heterocycles. The highest BCUT2D eigenvalue weighted by Gasteiger charge is 2.24. The van der Waals surface area contributed by atoms with Crippen molar-refractivity contribution in [2.24, 2.45) is 0 Å². The molecule has 0 saturated carbocycles. The molecule has 2 aromatic carbocycles. The van der Waals surface area contributed by atoms with E-state index in [1.165, 1.54) is 18.4 Å². The van der Waals surface area contributed by atoms with Crippen molar-refractivity contribution >= 4 is 39.7 Å². The van der Waals surface area contributed by atoms with E-state index in [1.54, 1.807) is 23.1 Å². The van der Waals surface area contributed by atoms with Gasteiger partial charge in [0.1, 0.15) is 5.75 Å². The number of rotatable bonds is 5. The third-order valence-electron chi connectivity index (χ3n) is 4.55. The second-order valence-corrected chi connectivity index (χ2v) is 7.20. The Kier molecular flexibility index (Phi) is 5.18. The number of ether oxygens (including phenoxy) is 2. The zero-order valence-corrected chi connectivity index (χ0v) is 16.8. The van der Waals surface area contributed by atoms with Crippen LogP contribution in [-0.2, 0) is 9.53 Å². The summed E-state index contributed by atoms with van der Waals surface area (Å²) in [4.78, 5) is 30.1. The summed E-state index contributed by atoms with van der Waals surface area (Å²) in [6.45, 7) is 2.58. The van der Waals surface area contributed by atoms with E-state index in [-0.39, 0.29) is 18.5 Å². The average Bonchev–Trinajstić information content (AvgIpc) is 3.21. The van der Waals surface area contributed by atoms with Crippen LogP contribution < -0.4 is 15.0 Å². The molecule has 1 N–H and O–H groups in total. The van der Waals surface area contributed by atoms with Crippen molar-refractivity contribution in [3.63, 3.8) is 0 Å². The predicted molar refractivity (Wildman–Crippen MR) is 112 cm³/mol. The molecule has 8 heteroatoms. The number of benzene rings is 2. The van der Waals surface area contributed by atoms with Crippen LogP contribution in [0.3, 0.4) is 0 Å². The summed E-state index contributed by atoms with van der Waals surface area (Å²) >= 11 is 1.45. The molecule has 148 valence electrons. The number of anilines is 3. The van der Waals surface area contributed by atoms with Crippen LogP contribution in [0.5, 0.6) is 5.75 Å². The molecule has 1 aliphatic rings. The molecule has 1 amide bonds. The average molecular weight is 409 g/mol. The van der Waals surface area contributed by atoms with Crippen LogP contribution in [0.1, 0.15) is 17.3 Å². The Morgan fingerprint density at radius 1 is 1.31 bits per heavy atom. The number of likely N-dealkylation sites (N-methyl/N-ethyl adjacent to an activating group) is 1. The lowest BCUT2D eigenvalue weighted by atomic mass is 10.1. The molecule has 0 unspecified atom stereocenters. The predicted octanol–water partition coefficient (Wildman–Crippen LogP) is 4.09. The van der Waals surface area contributed by atoms with Gasteiger partial charge in [0.15, 0.2) is 11.7 Å². The van der Waals surface area contributed by atoms with Crippen molar-refractivity contribution in [2.45, 2.75) is 6.92 Å². The maximum atomic E-state index is 12.1. The van der Waals surface area contributed by atoms with Crippen LogP contribution in [0.15, 0.2) is 47.8 Å². The molecular weight excluding hydrogens is 390 g/mol. The Hall–Kier alpha value is -3.39. The van der Waals surface area contributed by atoms with Gasteiger partial charge in [0, 0.05) is 23.2 Å². The monoisotopic (exact) mass is 409 g/mol. The molecule has 0 saturated heterocycles. The van der Waals surface area contributed by atoms with E-state index in [2.05, 4.69) is 10.3 Å². The number of carbonyl (C=O) groups excluding carboxylic acids is 2. The molecule has 3 aromatic rings. The highest BCUT2D eigenvalue weighted by Crippen LogP contribution is 2.37. The van der Waals surface area contributed by atoms with Gasteiger partial charge in [0.2, 0.25) is 0 Å². The molecule has 2 heterocycles. The lowest BCUT2D eigenvalue weighted by molar-refractivity contribution is -0.121. The Balaban J connectivity index is 1.58. The van der Waals surface area contributed by atoms with Crippen molar-refractivity contribution in [2.75, 3.05) is 30.5 Å². The first-order valence-electron chi connectivity index (χ1n) is 9.07. The van der Waals surface area contributed by atoms with Gasteiger partial charge in [-0.1, -0.05) is 6.07 Å². The first-order valence-corrected chi connectivity index (χ1v) is 9.95. The zero-order valence-electron chi connectivity index (χ0n) is 16.0. The van der Waals surface area contributed by atoms with E-state index < -0.39 is 0 Å². The number of hydrogen-bond donors (Lipinski definition) is 1. The van der Waals surface area contributed by atoms with Crippen LogP contribution in [0.2, 0.25) is 0 Å². The van der Waals surface area contributed by atoms with Gasteiger partial charge in [-0.25, -0.2) is 9.78 Å². The molecule has 0 atom stereocenters. The largest absolute Gasteiger partial charge is 0.482 e. The minimum absolute atomic E-state index is 0.0525. The SMILES string of the molecule is CCN1C(=O)COc2ccc(-c3csc(Nc4cccc(C(=O)OC)c4)n3)cc21. The third kappa shape index (κ3) is 3.79. The third-order valence-corrected chi connectivity index (χ3v) is 5.31. The van der Waals surface area contributed by atoms with Crippen LogP contribution in [0.4, 0.5) is 16.5 Å². The standard InChI is InChI=1S/C21H19N3O4S/c1-3-24-17-10-13(7-8-18(17)28-11-19(24)25)16-12-29-21(23-16)22-15-6-4-5-14(9-15)20(26)27-2/h4-10,12H,3,11H2,1-2H3,(H,22,23). The summed E-state index contributed by atoms with van der Waals surface area (Å²) in [7, 11) is 1.35. The Morgan fingerprint density at radius 3 is 2.97 bits per heavy atom. The topological polar surface area (TPSA) is 80.8 Å². The highest BCUT2D eigenvalue weighted by atomic mass is 32.1. The molecule has 4 rings (SSSR count). The Morgan fingerprint density at radius 2 is 2.17 bits per heavy atom. The second kappa shape index (κ2) is 7.92. The maximum Gasteiger partial charge on any atom is 0.337 e. The number of amides is 1. The summed E-state index contributed by atoms with van der Waals surface area (Å²) in [5, 5.41) is 5.85. The van der Waals surface area contributed by atoms with Gasteiger partial charge in [0.05, 0.1) is 24.1 Å². The van der Waals surface area contributed by atoms with Crippen molar-refractivity contribution in [3.05, 3.63) is 53.4 Å². The molecule has 0 fully saturated rings. The lowest BCUT2D eigenvalue weighted by Crippen LogP contribution is -2.38. The van der Waals surface area contributed by atoms with Gasteiger partial charge >= 0.3 is 5.97 Å². The molecule has 7 nitrogen and oxygen atoms in total. The minimum atomic E-state index is -0.389. The number of nitrogens with one attached hydrogen (secondary N) is 1. The zero-order chi connectivity index (χ0) is 20.4. The second-order valence-electron chi connectivity index (χ2n) is 6.34. The number of methoxy groups -OCH3 is 1. The van der Waals surface area contributed by atoms with Crippen LogP contribution in [0, 0.1) is 0 Å². The normalized spacial score (nSPS) is 12.9. The van der Waals surface area contributed by atoms with E-state index >= 15 is 0 Å². The fourth-order valence-electron chi connectivity index (χ4n) is 3.14. The van der Waals surface area contributed by atoms with E-state index in [4.69, 9.17) is 9.47 Å². The number of carbonyl (C=O) groups is 2. The molecule has 0 spiro atoms. The summed E-state index contributed by atoms with van der Waals surface area (Å²) in [5.74, 6) is 0.256. The number of thiazole rings is 1. The van der Waals surface area contributed by atoms with Crippen LogP contribution >= 0.6 is 11.3 Å². The van der Waals surface area contributed by atoms with E-state index in [0.29, 0.717) is 23.0 Å². The summed E-state index contributed by atoms with van der Waals surface area (Å²) in [5.41, 5.74) is 3.66. The maximum absolute atomic E-state index is 12.1. The van der Waals surface area contributed by atoms with Gasteiger partial charge < -0.3 is 19.7 Å². The number of nitrogens with zero attached hydrogens (tertiary/aromatic N) is 2. The van der Waals surface area contributed by atoms with E-state index in [9.17, 15) is 9.59 Å². The molecule has 0 aliphatic carbocycles. The first kappa shape index (κ1) is 18.9. The van der Waals surface area contributed by atoms with Gasteiger partial charge in [-0.3, -0.25) is 4.79 Å². The number of fused-ring (bicyclic) bond motifs is 1. The Bertz CT molecular complexity index is 1080. The first-order chi connectivity index (χ1) is 14.1. The van der Waals surface area contributed by atoms with Crippen molar-refractivity contribution < 1.29 is 19.1 Å². The van der Waals surface area contributed by atoms with Gasteiger partial charge in [-0.2, -0.15) is 0 Å². The van der Waals surface area contributed by atoms with Gasteiger partial charge in [-0.15, -0.1) is 11.3 Å². The molecular formula is C21H19N3O4S.